The predicted molar refractivity (Wildman–Crippen MR) is 74.9 cm³/mol. The van der Waals surface area contributed by atoms with E-state index < -0.39 is 11.5 Å². The minimum absolute atomic E-state index is 0.0461. The van der Waals surface area contributed by atoms with Gasteiger partial charge in [0.15, 0.2) is 0 Å². The number of carbonyl (C=O) groups excluding carboxylic acids is 1. The fourth-order valence-corrected chi connectivity index (χ4v) is 2.80. The van der Waals surface area contributed by atoms with Gasteiger partial charge in [-0.3, -0.25) is 0 Å². The Balaban J connectivity index is 1.67. The van der Waals surface area contributed by atoms with E-state index >= 15 is 0 Å². The molecule has 21 heavy (non-hydrogen) atoms. The van der Waals surface area contributed by atoms with Crippen molar-refractivity contribution in [1.29, 1.82) is 0 Å². The molecule has 3 rings (SSSR count). The van der Waals surface area contributed by atoms with Crippen LogP contribution in [0, 0.1) is 5.92 Å². The van der Waals surface area contributed by atoms with Crippen molar-refractivity contribution in [2.24, 2.45) is 5.92 Å². The van der Waals surface area contributed by atoms with Gasteiger partial charge in [-0.15, -0.1) is 0 Å². The van der Waals surface area contributed by atoms with Crippen LogP contribution in [0.4, 0.5) is 4.79 Å². The Kier molecular flexibility index (Phi) is 3.35. The van der Waals surface area contributed by atoms with E-state index in [-0.39, 0.29) is 17.8 Å². The molecule has 7 heteroatoms. The lowest BCUT2D eigenvalue weighted by Gasteiger charge is -2.41. The Morgan fingerprint density at radius 2 is 2.19 bits per heavy atom. The molecule has 1 atom stereocenters. The second kappa shape index (κ2) is 5.05. The van der Waals surface area contributed by atoms with Gasteiger partial charge in [0, 0.05) is 6.04 Å². The van der Waals surface area contributed by atoms with E-state index in [0.29, 0.717) is 11.7 Å². The fourth-order valence-electron chi connectivity index (χ4n) is 2.80. The van der Waals surface area contributed by atoms with Crippen LogP contribution in [-0.2, 0) is 5.54 Å². The van der Waals surface area contributed by atoms with Crippen molar-refractivity contribution in [3.8, 4) is 0 Å². The number of carbonyl (C=O) groups is 2. The number of H-pyrrole nitrogens is 1. The maximum Gasteiger partial charge on any atom is 0.353 e. The Hall–Kier alpha value is -2.05. The van der Waals surface area contributed by atoms with Gasteiger partial charge in [0.05, 0.1) is 11.7 Å². The maximum absolute atomic E-state index is 12.1. The molecule has 0 radical (unpaired) electrons. The van der Waals surface area contributed by atoms with Gasteiger partial charge in [0.1, 0.15) is 11.5 Å². The second-order valence-corrected chi connectivity index (χ2v) is 6.11. The van der Waals surface area contributed by atoms with Gasteiger partial charge in [0.25, 0.3) is 0 Å². The molecule has 2 amide bonds. The van der Waals surface area contributed by atoms with Gasteiger partial charge in [-0.2, -0.15) is 0 Å². The first-order chi connectivity index (χ1) is 10.00. The highest BCUT2D eigenvalue weighted by Crippen LogP contribution is 2.40. The molecule has 1 unspecified atom stereocenters. The van der Waals surface area contributed by atoms with Crippen LogP contribution < -0.4 is 10.6 Å². The lowest BCUT2D eigenvalue weighted by Crippen LogP contribution is -2.56. The number of carboxylic acid groups (broad SMARTS) is 1. The van der Waals surface area contributed by atoms with Crippen molar-refractivity contribution in [2.45, 2.75) is 50.6 Å². The number of carboxylic acids is 1. The predicted octanol–water partition coefficient (Wildman–Crippen LogP) is 1.58. The van der Waals surface area contributed by atoms with E-state index in [1.807, 2.05) is 6.92 Å². The van der Waals surface area contributed by atoms with E-state index in [1.54, 1.807) is 0 Å². The van der Waals surface area contributed by atoms with Crippen LogP contribution in [0.2, 0.25) is 0 Å². The van der Waals surface area contributed by atoms with Gasteiger partial charge in [-0.25, -0.2) is 14.6 Å². The molecule has 7 nitrogen and oxygen atoms in total. The van der Waals surface area contributed by atoms with Crippen molar-refractivity contribution >= 4 is 12.0 Å². The largest absolute Gasteiger partial charge is 0.477 e. The summed E-state index contributed by atoms with van der Waals surface area (Å²) in [5.41, 5.74) is -0.508. The molecular weight excluding hydrogens is 272 g/mol. The van der Waals surface area contributed by atoms with Crippen molar-refractivity contribution in [3.05, 3.63) is 17.7 Å². The number of nitrogens with one attached hydrogen (secondary N) is 3. The number of aromatic nitrogens is 2. The lowest BCUT2D eigenvalue weighted by atomic mass is 9.76. The molecule has 0 saturated heterocycles. The van der Waals surface area contributed by atoms with Crippen LogP contribution in [-0.4, -0.2) is 33.1 Å². The van der Waals surface area contributed by atoms with Gasteiger partial charge in [0.2, 0.25) is 0 Å². The van der Waals surface area contributed by atoms with Gasteiger partial charge in [-0.05, 0) is 44.9 Å². The summed E-state index contributed by atoms with van der Waals surface area (Å²) in [5.74, 6) is 0.0747. The van der Waals surface area contributed by atoms with Crippen LogP contribution in [0.15, 0.2) is 6.20 Å². The van der Waals surface area contributed by atoms with Gasteiger partial charge >= 0.3 is 12.0 Å². The van der Waals surface area contributed by atoms with Gasteiger partial charge in [-0.1, -0.05) is 0 Å². The number of rotatable bonds is 5. The van der Waals surface area contributed by atoms with Crippen molar-refractivity contribution < 1.29 is 14.7 Å². The standard InChI is InChI=1S/C14H20N4O3/c1-8(9-3-4-9)16-13(21)18-14(5-2-6-14)12-15-7-10(17-12)11(19)20/h7-9H,2-6H2,1H3,(H,15,17)(H,19,20)(H2,16,18,21). The maximum atomic E-state index is 12.1. The van der Waals surface area contributed by atoms with E-state index in [2.05, 4.69) is 20.6 Å². The van der Waals surface area contributed by atoms with Crippen LogP contribution in [0.1, 0.15) is 55.3 Å². The monoisotopic (exact) mass is 292 g/mol. The highest BCUT2D eigenvalue weighted by atomic mass is 16.4. The van der Waals surface area contributed by atoms with Crippen molar-refractivity contribution in [2.75, 3.05) is 0 Å². The molecule has 4 N–H and O–H groups in total. The Morgan fingerprint density at radius 3 is 2.67 bits per heavy atom. The molecule has 2 aliphatic carbocycles. The Morgan fingerprint density at radius 1 is 1.48 bits per heavy atom. The molecule has 2 fully saturated rings. The van der Waals surface area contributed by atoms with Crippen LogP contribution in [0.3, 0.4) is 0 Å². The summed E-state index contributed by atoms with van der Waals surface area (Å²) in [7, 11) is 0. The van der Waals surface area contributed by atoms with Crippen LogP contribution in [0.5, 0.6) is 0 Å². The average molecular weight is 292 g/mol. The van der Waals surface area contributed by atoms with Gasteiger partial charge < -0.3 is 20.7 Å². The number of hydrogen-bond donors (Lipinski definition) is 4. The average Bonchev–Trinajstić information content (AvgIpc) is 3.11. The second-order valence-electron chi connectivity index (χ2n) is 6.11. The molecule has 0 bridgehead atoms. The summed E-state index contributed by atoms with van der Waals surface area (Å²) in [6.07, 6.45) is 6.17. The minimum atomic E-state index is -1.05. The molecule has 114 valence electrons. The summed E-state index contributed by atoms with van der Waals surface area (Å²) in [6.45, 7) is 2.01. The van der Waals surface area contributed by atoms with E-state index in [1.165, 1.54) is 19.0 Å². The summed E-state index contributed by atoms with van der Waals surface area (Å²) in [4.78, 5) is 30.0. The van der Waals surface area contributed by atoms with Crippen LogP contribution >= 0.6 is 0 Å². The summed E-state index contributed by atoms with van der Waals surface area (Å²) in [5, 5.41) is 14.9. The summed E-state index contributed by atoms with van der Waals surface area (Å²) >= 11 is 0. The SMILES string of the molecule is CC(NC(=O)NC1(c2ncc(C(=O)O)[nH]2)CCC1)C1CC1. The lowest BCUT2D eigenvalue weighted by molar-refractivity contribution is 0.0690. The fraction of sp³-hybridized carbons (Fsp3) is 0.643. The molecule has 1 heterocycles. The zero-order chi connectivity index (χ0) is 15.0. The van der Waals surface area contributed by atoms with E-state index in [0.717, 1.165) is 19.3 Å². The normalized spacial score (nSPS) is 21.2. The Labute approximate surface area is 122 Å². The first-order valence-electron chi connectivity index (χ1n) is 7.38. The third-order valence-electron chi connectivity index (χ3n) is 4.51. The van der Waals surface area contributed by atoms with E-state index in [4.69, 9.17) is 5.11 Å². The quantitative estimate of drug-likeness (QED) is 0.661. The van der Waals surface area contributed by atoms with Crippen molar-refractivity contribution in [3.63, 3.8) is 0 Å². The first kappa shape index (κ1) is 13.9. The number of nitrogens with zero attached hydrogens (tertiary/aromatic N) is 1. The molecule has 2 aliphatic rings. The highest BCUT2D eigenvalue weighted by Gasteiger charge is 2.43. The number of aromatic amines is 1. The minimum Gasteiger partial charge on any atom is -0.477 e. The number of imidazole rings is 1. The number of amides is 2. The smallest absolute Gasteiger partial charge is 0.353 e. The summed E-state index contributed by atoms with van der Waals surface area (Å²) < 4.78 is 0. The first-order valence-corrected chi connectivity index (χ1v) is 7.38. The molecule has 0 aromatic carbocycles. The van der Waals surface area contributed by atoms with Crippen LogP contribution in [0.25, 0.3) is 0 Å². The van der Waals surface area contributed by atoms with Crippen molar-refractivity contribution in [1.82, 2.24) is 20.6 Å². The molecule has 2 saturated carbocycles. The third-order valence-corrected chi connectivity index (χ3v) is 4.51. The molecule has 0 aliphatic heterocycles. The zero-order valence-corrected chi connectivity index (χ0v) is 12.0. The molecule has 1 aromatic rings. The topological polar surface area (TPSA) is 107 Å². The molecular formula is C14H20N4O3. The molecule has 1 aromatic heterocycles. The zero-order valence-electron chi connectivity index (χ0n) is 12.0. The summed E-state index contributed by atoms with van der Waals surface area (Å²) in [6, 6.07) is -0.0318. The number of urea groups is 1. The number of aromatic carboxylic acids is 1. The highest BCUT2D eigenvalue weighted by molar-refractivity contribution is 5.85. The Bertz CT molecular complexity index is 560. The third kappa shape index (κ3) is 2.72. The molecule has 0 spiro atoms. The van der Waals surface area contributed by atoms with E-state index in [9.17, 15) is 9.59 Å². The number of hydrogen-bond acceptors (Lipinski definition) is 3.